The van der Waals surface area contributed by atoms with Gasteiger partial charge < -0.3 is 39.5 Å². The minimum absolute atomic E-state index is 0.0859. The van der Waals surface area contributed by atoms with E-state index in [1.807, 2.05) is 43.6 Å². The van der Waals surface area contributed by atoms with Gasteiger partial charge in [-0.25, -0.2) is 14.8 Å². The first kappa shape index (κ1) is 25.9. The number of anilines is 4. The molecule has 2 N–H and O–H groups in total. The van der Waals surface area contributed by atoms with Crippen LogP contribution in [-0.4, -0.2) is 108 Å². The second-order valence-electron chi connectivity index (χ2n) is 10.2. The lowest BCUT2D eigenvalue weighted by molar-refractivity contribution is 0.0515. The highest BCUT2D eigenvalue weighted by molar-refractivity contribution is 5.77. The van der Waals surface area contributed by atoms with Gasteiger partial charge in [0.25, 0.3) is 0 Å². The smallest absolute Gasteiger partial charge is 0.407 e. The van der Waals surface area contributed by atoms with Gasteiger partial charge in [0.15, 0.2) is 12.6 Å². The Balaban J connectivity index is 1.14. The van der Waals surface area contributed by atoms with Gasteiger partial charge in [0.05, 0.1) is 35.5 Å². The van der Waals surface area contributed by atoms with Crippen molar-refractivity contribution in [2.24, 2.45) is 0 Å². The fraction of sp³-hybridized carbons (Fsp3) is 0.444. The van der Waals surface area contributed by atoms with Crippen LogP contribution < -0.4 is 24.8 Å². The summed E-state index contributed by atoms with van der Waals surface area (Å²) in [7, 11) is 1.59. The van der Waals surface area contributed by atoms with Crippen LogP contribution in [0.5, 0.6) is 5.75 Å². The number of carbonyl (C=O) groups is 1. The first-order chi connectivity index (χ1) is 19.5. The maximum Gasteiger partial charge on any atom is 0.407 e. The van der Waals surface area contributed by atoms with E-state index in [2.05, 4.69) is 46.2 Å². The maximum absolute atomic E-state index is 11.4. The zero-order valence-electron chi connectivity index (χ0n) is 22.6. The van der Waals surface area contributed by atoms with Gasteiger partial charge in [-0.3, -0.25) is 0 Å². The summed E-state index contributed by atoms with van der Waals surface area (Å²) in [4.78, 5) is 29.0. The number of nitrogens with one attached hydrogen (secondary N) is 1. The summed E-state index contributed by atoms with van der Waals surface area (Å²) in [5.74, 6) is 2.17. The predicted molar refractivity (Wildman–Crippen MR) is 150 cm³/mol. The van der Waals surface area contributed by atoms with Crippen molar-refractivity contribution < 1.29 is 19.4 Å². The number of fused-ring (bicyclic) bond motifs is 3. The zero-order valence-corrected chi connectivity index (χ0v) is 22.6. The quantitative estimate of drug-likeness (QED) is 0.439. The lowest BCUT2D eigenvalue weighted by Crippen LogP contribution is -2.58. The zero-order chi connectivity index (χ0) is 27.6. The number of hydrogen-bond donors (Lipinski definition) is 2. The third kappa shape index (κ3) is 4.99. The third-order valence-electron chi connectivity index (χ3n) is 7.71. The summed E-state index contributed by atoms with van der Waals surface area (Å²) >= 11 is 0. The van der Waals surface area contributed by atoms with Crippen LogP contribution in [0, 0.1) is 0 Å². The minimum Gasteiger partial charge on any atom is -0.467 e. The lowest BCUT2D eigenvalue weighted by atomic mass is 10.1. The molecule has 13 heteroatoms. The van der Waals surface area contributed by atoms with Crippen molar-refractivity contribution in [3.63, 3.8) is 0 Å². The SMILES string of the molecule is COCOc1ccccc1-c1cc2c(nn1)NC[C@H]1CN(c3ncc(N4CCN(C(=O)O)[C@H](C)C4)cn3)CCN21. The number of carboxylic acid groups (broad SMARTS) is 1. The van der Waals surface area contributed by atoms with Crippen LogP contribution >= 0.6 is 0 Å². The van der Waals surface area contributed by atoms with Gasteiger partial charge in [-0.05, 0) is 25.1 Å². The Hall–Kier alpha value is -4.39. The Bertz CT molecular complexity index is 1360. The average molecular weight is 548 g/mol. The Labute approximate surface area is 232 Å². The van der Waals surface area contributed by atoms with Crippen molar-refractivity contribution in [1.82, 2.24) is 25.1 Å². The second-order valence-corrected chi connectivity index (χ2v) is 10.2. The molecule has 2 aromatic heterocycles. The lowest BCUT2D eigenvalue weighted by Gasteiger charge is -2.45. The molecule has 0 aliphatic carbocycles. The van der Waals surface area contributed by atoms with Crippen molar-refractivity contribution in [2.45, 2.75) is 19.0 Å². The molecule has 40 heavy (non-hydrogen) atoms. The number of nitrogens with zero attached hydrogens (tertiary/aromatic N) is 8. The first-order valence-corrected chi connectivity index (χ1v) is 13.4. The van der Waals surface area contributed by atoms with E-state index in [1.54, 1.807) is 7.11 Å². The van der Waals surface area contributed by atoms with E-state index in [0.29, 0.717) is 31.3 Å². The van der Waals surface area contributed by atoms with E-state index in [0.717, 1.165) is 54.6 Å². The van der Waals surface area contributed by atoms with E-state index < -0.39 is 6.09 Å². The summed E-state index contributed by atoms with van der Waals surface area (Å²) in [5.41, 5.74) is 3.54. The molecule has 2 atom stereocenters. The van der Waals surface area contributed by atoms with Crippen molar-refractivity contribution >= 4 is 29.2 Å². The molecular weight excluding hydrogens is 514 g/mol. The molecule has 2 fully saturated rings. The van der Waals surface area contributed by atoms with Gasteiger partial charge in [-0.15, -0.1) is 10.2 Å². The number of benzene rings is 1. The number of para-hydroxylation sites is 1. The summed E-state index contributed by atoms with van der Waals surface area (Å²) in [5, 5.41) is 21.7. The summed E-state index contributed by atoms with van der Waals surface area (Å²) in [6.07, 6.45) is 2.82. The van der Waals surface area contributed by atoms with Gasteiger partial charge in [-0.1, -0.05) is 12.1 Å². The molecule has 3 aliphatic rings. The minimum atomic E-state index is -0.873. The molecule has 2 saturated heterocycles. The third-order valence-corrected chi connectivity index (χ3v) is 7.71. The van der Waals surface area contributed by atoms with Crippen LogP contribution in [0.4, 0.5) is 27.9 Å². The molecule has 3 aliphatic heterocycles. The highest BCUT2D eigenvalue weighted by Gasteiger charge is 2.34. The molecule has 13 nitrogen and oxygen atoms in total. The Kier molecular flexibility index (Phi) is 7.11. The largest absolute Gasteiger partial charge is 0.467 e. The highest BCUT2D eigenvalue weighted by atomic mass is 16.7. The van der Waals surface area contributed by atoms with E-state index in [9.17, 15) is 9.90 Å². The van der Waals surface area contributed by atoms with Crippen molar-refractivity contribution in [3.8, 4) is 17.0 Å². The van der Waals surface area contributed by atoms with Gasteiger partial charge >= 0.3 is 6.09 Å². The van der Waals surface area contributed by atoms with Gasteiger partial charge in [0, 0.05) is 64.5 Å². The number of rotatable bonds is 6. The molecule has 0 bridgehead atoms. The van der Waals surface area contributed by atoms with Crippen LogP contribution in [0.15, 0.2) is 42.7 Å². The molecule has 0 saturated carbocycles. The fourth-order valence-corrected chi connectivity index (χ4v) is 5.65. The summed E-state index contributed by atoms with van der Waals surface area (Å²) < 4.78 is 10.8. The van der Waals surface area contributed by atoms with Crippen LogP contribution in [-0.2, 0) is 4.74 Å². The predicted octanol–water partition coefficient (Wildman–Crippen LogP) is 2.23. The molecule has 0 unspecified atom stereocenters. The Morgan fingerprint density at radius 2 is 1.88 bits per heavy atom. The van der Waals surface area contributed by atoms with Gasteiger partial charge in [0.1, 0.15) is 5.75 Å². The molecule has 1 amide bonds. The monoisotopic (exact) mass is 547 g/mol. The number of hydrogen-bond acceptors (Lipinski definition) is 11. The molecule has 1 aromatic carbocycles. The van der Waals surface area contributed by atoms with E-state index >= 15 is 0 Å². The van der Waals surface area contributed by atoms with Crippen LogP contribution in [0.25, 0.3) is 11.3 Å². The maximum atomic E-state index is 11.4. The highest BCUT2D eigenvalue weighted by Crippen LogP contribution is 2.36. The van der Waals surface area contributed by atoms with E-state index in [1.165, 1.54) is 4.90 Å². The van der Waals surface area contributed by atoms with Gasteiger partial charge in [-0.2, -0.15) is 0 Å². The summed E-state index contributed by atoms with van der Waals surface area (Å²) in [6, 6.07) is 9.95. The molecule has 210 valence electrons. The molecular formula is C27H33N9O4. The number of amides is 1. The molecule has 0 radical (unpaired) electrons. The molecule has 3 aromatic rings. The molecule has 6 rings (SSSR count). The number of methoxy groups -OCH3 is 1. The number of ether oxygens (including phenoxy) is 2. The Morgan fingerprint density at radius 3 is 2.65 bits per heavy atom. The van der Waals surface area contributed by atoms with Crippen molar-refractivity contribution in [1.29, 1.82) is 0 Å². The Morgan fingerprint density at radius 1 is 1.07 bits per heavy atom. The van der Waals surface area contributed by atoms with Crippen molar-refractivity contribution in [3.05, 3.63) is 42.7 Å². The van der Waals surface area contributed by atoms with Crippen LogP contribution in [0.3, 0.4) is 0 Å². The van der Waals surface area contributed by atoms with E-state index in [4.69, 9.17) is 9.47 Å². The average Bonchev–Trinajstić information content (AvgIpc) is 2.99. The molecule has 0 spiro atoms. The topological polar surface area (TPSA) is 132 Å². The van der Waals surface area contributed by atoms with Gasteiger partial charge in [0.2, 0.25) is 5.95 Å². The normalized spacial score (nSPS) is 20.4. The number of aromatic nitrogens is 4. The van der Waals surface area contributed by atoms with Crippen LogP contribution in [0.1, 0.15) is 6.92 Å². The van der Waals surface area contributed by atoms with E-state index in [-0.39, 0.29) is 18.9 Å². The second kappa shape index (κ2) is 11.0. The standard InChI is InChI=1S/C27H33N9O4/c1-18-15-33(7-9-35(18)27(37)38)19-12-29-26(30-13-19)34-8-10-36-20(16-34)14-28-25-23(36)11-22(31-32-25)21-5-3-4-6-24(21)40-17-39-2/h3-6,11-13,18,20H,7-10,14-17H2,1-2H3,(H,28,32)(H,37,38)/t18-,20+/m1/s1. The fourth-order valence-electron chi connectivity index (χ4n) is 5.65. The van der Waals surface area contributed by atoms with Crippen LogP contribution in [0.2, 0.25) is 0 Å². The first-order valence-electron chi connectivity index (χ1n) is 13.4. The number of piperazine rings is 2. The van der Waals surface area contributed by atoms with Crippen molar-refractivity contribution in [2.75, 3.05) is 79.7 Å². The summed E-state index contributed by atoms with van der Waals surface area (Å²) in [6.45, 7) is 6.88. The molecule has 5 heterocycles.